The molecule has 0 aliphatic carbocycles. The van der Waals surface area contributed by atoms with Gasteiger partial charge in [-0.1, -0.05) is 25.4 Å². The smallest absolute Gasteiger partial charge is 0.244 e. The van der Waals surface area contributed by atoms with Crippen LogP contribution < -0.4 is 5.32 Å². The maximum absolute atomic E-state index is 12.8. The molecule has 1 fully saturated rings. The van der Waals surface area contributed by atoms with Gasteiger partial charge in [-0.25, -0.2) is 21.1 Å². The molecule has 1 atom stereocenters. The van der Waals surface area contributed by atoms with Gasteiger partial charge in [-0.15, -0.1) is 0 Å². The van der Waals surface area contributed by atoms with Crippen LogP contribution in [0.2, 0.25) is 5.02 Å². The van der Waals surface area contributed by atoms with Gasteiger partial charge >= 0.3 is 0 Å². The highest BCUT2D eigenvalue weighted by Crippen LogP contribution is 2.28. The number of carbonyl (C=O) groups excluding carboxylic acids is 1. The number of hydrogen-bond donors (Lipinski definition) is 1. The standard InChI is InChI=1S/C17H26ClN3O5S2/c1-4-20(5-2)28(25,26)16-11-14(8-9-15(16)18)19-17(22)13-7-6-10-21(12-13)27(3,23)24/h8-9,11,13H,4-7,10,12H2,1-3H3,(H,19,22). The summed E-state index contributed by atoms with van der Waals surface area (Å²) in [5.41, 5.74) is 0.302. The summed E-state index contributed by atoms with van der Waals surface area (Å²) >= 11 is 6.10. The summed E-state index contributed by atoms with van der Waals surface area (Å²) in [4.78, 5) is 12.5. The number of nitrogens with zero attached hydrogens (tertiary/aromatic N) is 2. The minimum atomic E-state index is -3.78. The summed E-state index contributed by atoms with van der Waals surface area (Å²) in [6, 6.07) is 4.29. The van der Waals surface area contributed by atoms with Crippen LogP contribution in [0.1, 0.15) is 26.7 Å². The summed E-state index contributed by atoms with van der Waals surface area (Å²) in [6.45, 7) is 4.58. The molecule has 158 valence electrons. The van der Waals surface area contributed by atoms with Gasteiger partial charge in [0, 0.05) is 31.9 Å². The topological polar surface area (TPSA) is 104 Å². The highest BCUT2D eigenvalue weighted by Gasteiger charge is 2.31. The SMILES string of the molecule is CCN(CC)S(=O)(=O)c1cc(NC(=O)C2CCCN(S(C)(=O)=O)C2)ccc1Cl. The van der Waals surface area contributed by atoms with Crippen LogP contribution in [0.5, 0.6) is 0 Å². The zero-order chi connectivity index (χ0) is 21.1. The third-order valence-electron chi connectivity index (χ3n) is 4.75. The monoisotopic (exact) mass is 451 g/mol. The van der Waals surface area contributed by atoms with E-state index >= 15 is 0 Å². The molecule has 1 saturated heterocycles. The van der Waals surface area contributed by atoms with Crippen LogP contribution in [0.3, 0.4) is 0 Å². The first-order valence-electron chi connectivity index (χ1n) is 9.06. The highest BCUT2D eigenvalue weighted by atomic mass is 35.5. The van der Waals surface area contributed by atoms with Gasteiger partial charge < -0.3 is 5.32 Å². The first-order chi connectivity index (χ1) is 13.0. The fourth-order valence-electron chi connectivity index (χ4n) is 3.18. The van der Waals surface area contributed by atoms with Gasteiger partial charge in [0.15, 0.2) is 0 Å². The van der Waals surface area contributed by atoms with Gasteiger partial charge in [0.05, 0.1) is 17.2 Å². The van der Waals surface area contributed by atoms with Gasteiger partial charge in [-0.05, 0) is 31.0 Å². The lowest BCUT2D eigenvalue weighted by Crippen LogP contribution is -2.43. The van der Waals surface area contributed by atoms with Gasteiger partial charge in [0.2, 0.25) is 26.0 Å². The summed E-state index contributed by atoms with van der Waals surface area (Å²) in [5, 5.41) is 2.77. The van der Waals surface area contributed by atoms with Crippen LogP contribution in [-0.4, -0.2) is 63.8 Å². The highest BCUT2D eigenvalue weighted by molar-refractivity contribution is 7.89. The van der Waals surface area contributed by atoms with Gasteiger partial charge in [0.1, 0.15) is 4.90 Å². The molecule has 1 amide bonds. The quantitative estimate of drug-likeness (QED) is 0.682. The predicted molar refractivity (Wildman–Crippen MR) is 109 cm³/mol. The van der Waals surface area contributed by atoms with Crippen molar-refractivity contribution in [3.63, 3.8) is 0 Å². The molecular weight excluding hydrogens is 426 g/mol. The minimum Gasteiger partial charge on any atom is -0.326 e. The number of amides is 1. The largest absolute Gasteiger partial charge is 0.326 e. The lowest BCUT2D eigenvalue weighted by Gasteiger charge is -2.30. The van der Waals surface area contributed by atoms with Crippen molar-refractivity contribution in [3.8, 4) is 0 Å². The molecule has 0 spiro atoms. The number of anilines is 1. The second kappa shape index (κ2) is 9.08. The van der Waals surface area contributed by atoms with Crippen molar-refractivity contribution in [2.24, 2.45) is 5.92 Å². The molecule has 1 aromatic rings. The normalized spacial score (nSPS) is 19.0. The van der Waals surface area contributed by atoms with E-state index in [0.29, 0.717) is 38.2 Å². The minimum absolute atomic E-state index is 0.0722. The van der Waals surface area contributed by atoms with Crippen LogP contribution in [0.25, 0.3) is 0 Å². The number of nitrogens with one attached hydrogen (secondary N) is 1. The van der Waals surface area contributed by atoms with Crippen LogP contribution in [0, 0.1) is 5.92 Å². The summed E-state index contributed by atoms with van der Waals surface area (Å²) in [6.07, 6.45) is 2.28. The van der Waals surface area contributed by atoms with E-state index in [1.807, 2.05) is 0 Å². The number of piperidine rings is 1. The Morgan fingerprint density at radius 2 is 1.89 bits per heavy atom. The Morgan fingerprint density at radius 3 is 2.46 bits per heavy atom. The summed E-state index contributed by atoms with van der Waals surface area (Å²) in [7, 11) is -7.14. The molecule has 1 aliphatic rings. The molecule has 0 saturated carbocycles. The van der Waals surface area contributed by atoms with Gasteiger partial charge in [-0.3, -0.25) is 4.79 Å². The second-order valence-corrected chi connectivity index (χ2v) is 11.0. The molecule has 11 heteroatoms. The molecule has 2 rings (SSSR count). The molecular formula is C17H26ClN3O5S2. The first kappa shape index (κ1) is 23.1. The predicted octanol–water partition coefficient (Wildman–Crippen LogP) is 1.98. The summed E-state index contributed by atoms with van der Waals surface area (Å²) < 4.78 is 51.6. The molecule has 1 N–H and O–H groups in total. The van der Waals surface area contributed by atoms with Crippen molar-refractivity contribution in [1.82, 2.24) is 8.61 Å². The average Bonchev–Trinajstić information content (AvgIpc) is 2.63. The van der Waals surface area contributed by atoms with E-state index in [0.717, 1.165) is 6.26 Å². The number of rotatable bonds is 7. The van der Waals surface area contributed by atoms with Crippen LogP contribution in [0.15, 0.2) is 23.1 Å². The Hall–Kier alpha value is -1.20. The molecule has 1 heterocycles. The van der Waals surface area contributed by atoms with E-state index in [4.69, 9.17) is 11.6 Å². The van der Waals surface area contributed by atoms with Crippen LogP contribution >= 0.6 is 11.6 Å². The summed E-state index contributed by atoms with van der Waals surface area (Å²) in [5.74, 6) is -0.844. The molecule has 0 radical (unpaired) electrons. The first-order valence-corrected chi connectivity index (χ1v) is 12.7. The van der Waals surface area contributed by atoms with Crippen molar-refractivity contribution in [2.45, 2.75) is 31.6 Å². The van der Waals surface area contributed by atoms with E-state index in [-0.39, 0.29) is 22.4 Å². The van der Waals surface area contributed by atoms with E-state index in [1.54, 1.807) is 13.8 Å². The maximum Gasteiger partial charge on any atom is 0.244 e. The lowest BCUT2D eigenvalue weighted by atomic mass is 9.99. The van der Waals surface area contributed by atoms with E-state index in [9.17, 15) is 21.6 Å². The molecule has 0 aromatic heterocycles. The van der Waals surface area contributed by atoms with Gasteiger partial charge in [-0.2, -0.15) is 4.31 Å². The van der Waals surface area contributed by atoms with E-state index in [1.165, 1.54) is 26.8 Å². The van der Waals surface area contributed by atoms with Crippen LogP contribution in [-0.2, 0) is 24.8 Å². The molecule has 1 aliphatic heterocycles. The Balaban J connectivity index is 2.22. The maximum atomic E-state index is 12.8. The van der Waals surface area contributed by atoms with Crippen molar-refractivity contribution in [1.29, 1.82) is 0 Å². The third kappa shape index (κ3) is 5.24. The Kier molecular flexibility index (Phi) is 7.49. The third-order valence-corrected chi connectivity index (χ3v) is 8.55. The average molecular weight is 452 g/mol. The van der Waals surface area contributed by atoms with Crippen molar-refractivity contribution < 1.29 is 21.6 Å². The Morgan fingerprint density at radius 1 is 1.25 bits per heavy atom. The second-order valence-electron chi connectivity index (χ2n) is 6.68. The number of benzene rings is 1. The van der Waals surface area contributed by atoms with E-state index in [2.05, 4.69) is 5.32 Å². The fraction of sp³-hybridized carbons (Fsp3) is 0.588. The number of halogens is 1. The zero-order valence-corrected chi connectivity index (χ0v) is 18.6. The molecule has 8 nitrogen and oxygen atoms in total. The fourth-order valence-corrected chi connectivity index (χ4v) is 6.05. The van der Waals surface area contributed by atoms with Crippen LogP contribution in [0.4, 0.5) is 5.69 Å². The van der Waals surface area contributed by atoms with E-state index < -0.39 is 26.0 Å². The van der Waals surface area contributed by atoms with Crippen molar-refractivity contribution in [3.05, 3.63) is 23.2 Å². The van der Waals surface area contributed by atoms with Gasteiger partial charge in [0.25, 0.3) is 0 Å². The number of sulfonamides is 2. The van der Waals surface area contributed by atoms with Crippen molar-refractivity contribution >= 4 is 43.2 Å². The molecule has 1 aromatic carbocycles. The Bertz CT molecular complexity index is 930. The number of carbonyl (C=O) groups is 1. The Labute approximate surface area is 171 Å². The molecule has 0 bridgehead atoms. The number of hydrogen-bond acceptors (Lipinski definition) is 5. The zero-order valence-electron chi connectivity index (χ0n) is 16.2. The molecule has 1 unspecified atom stereocenters. The lowest BCUT2D eigenvalue weighted by molar-refractivity contribution is -0.120. The van der Waals surface area contributed by atoms with Crippen molar-refractivity contribution in [2.75, 3.05) is 37.8 Å². The molecule has 28 heavy (non-hydrogen) atoms.